The summed E-state index contributed by atoms with van der Waals surface area (Å²) in [6, 6.07) is 10.7. The molecular formula is C21H22N2O6. The molecule has 0 radical (unpaired) electrons. The second-order valence-corrected chi connectivity index (χ2v) is 6.61. The van der Waals surface area contributed by atoms with Gasteiger partial charge in [-0.05, 0) is 50.1 Å². The van der Waals surface area contributed by atoms with Gasteiger partial charge in [-0.2, -0.15) is 0 Å². The Morgan fingerprint density at radius 1 is 1.10 bits per heavy atom. The Morgan fingerprint density at radius 2 is 1.79 bits per heavy atom. The van der Waals surface area contributed by atoms with E-state index < -0.39 is 17.5 Å². The average Bonchev–Trinajstić information content (AvgIpc) is 3.26. The Hall–Kier alpha value is -3.42. The first-order valence-electron chi connectivity index (χ1n) is 9.46. The molecule has 0 bridgehead atoms. The number of nitro benzene ring substituents is 1. The van der Waals surface area contributed by atoms with Crippen molar-refractivity contribution in [3.8, 4) is 5.75 Å². The summed E-state index contributed by atoms with van der Waals surface area (Å²) in [6.07, 6.45) is 1.98. The number of hydrogen-bond acceptors (Lipinski definition) is 7. The number of ether oxygens (including phenoxy) is 2. The van der Waals surface area contributed by atoms with Crippen molar-refractivity contribution < 1.29 is 24.0 Å². The van der Waals surface area contributed by atoms with E-state index in [2.05, 4.69) is 0 Å². The van der Waals surface area contributed by atoms with E-state index in [4.69, 9.17) is 9.47 Å². The number of carbonyl (C=O) groups is 2. The number of anilines is 1. The molecule has 0 atom stereocenters. The standard InChI is InChI=1S/C21H22N2O6/c1-2-28-17-8-5-15(6-9-17)20(24)14-29-21(25)18-13-16(23(26)27)7-10-19(18)22-11-3-4-12-22/h5-10,13H,2-4,11-12,14H2,1H3. The molecule has 2 aromatic rings. The molecule has 1 aliphatic heterocycles. The number of carbonyl (C=O) groups excluding carboxylic acids is 2. The van der Waals surface area contributed by atoms with Crippen LogP contribution in [0.5, 0.6) is 5.75 Å². The second kappa shape index (κ2) is 9.18. The normalized spacial score (nSPS) is 13.2. The van der Waals surface area contributed by atoms with E-state index in [9.17, 15) is 19.7 Å². The van der Waals surface area contributed by atoms with Crippen molar-refractivity contribution in [1.82, 2.24) is 0 Å². The maximum atomic E-state index is 12.6. The third-order valence-electron chi connectivity index (χ3n) is 4.68. The van der Waals surface area contributed by atoms with Crippen molar-refractivity contribution >= 4 is 23.1 Å². The highest BCUT2D eigenvalue weighted by Gasteiger charge is 2.24. The highest BCUT2D eigenvalue weighted by molar-refractivity contribution is 6.01. The molecule has 2 aromatic carbocycles. The third kappa shape index (κ3) is 4.90. The van der Waals surface area contributed by atoms with Gasteiger partial charge in [0.25, 0.3) is 5.69 Å². The minimum absolute atomic E-state index is 0.0978. The van der Waals surface area contributed by atoms with Gasteiger partial charge >= 0.3 is 5.97 Å². The van der Waals surface area contributed by atoms with Gasteiger partial charge in [-0.15, -0.1) is 0 Å². The minimum atomic E-state index is -0.755. The highest BCUT2D eigenvalue weighted by Crippen LogP contribution is 2.29. The SMILES string of the molecule is CCOc1ccc(C(=O)COC(=O)c2cc([N+](=O)[O-])ccc2N2CCCC2)cc1. The Morgan fingerprint density at radius 3 is 2.41 bits per heavy atom. The zero-order chi connectivity index (χ0) is 20.8. The lowest BCUT2D eigenvalue weighted by Gasteiger charge is -2.20. The van der Waals surface area contributed by atoms with Crippen LogP contribution in [0.3, 0.4) is 0 Å². The summed E-state index contributed by atoms with van der Waals surface area (Å²) < 4.78 is 10.5. The first-order chi connectivity index (χ1) is 14.0. The van der Waals surface area contributed by atoms with Crippen LogP contribution in [0.15, 0.2) is 42.5 Å². The number of ketones is 1. The topological polar surface area (TPSA) is 99.0 Å². The van der Waals surface area contributed by atoms with Gasteiger partial charge in [0.1, 0.15) is 5.75 Å². The van der Waals surface area contributed by atoms with Crippen molar-refractivity contribution in [3.05, 3.63) is 63.7 Å². The molecule has 0 N–H and O–H groups in total. The molecule has 8 nitrogen and oxygen atoms in total. The molecule has 0 aliphatic carbocycles. The molecule has 8 heteroatoms. The zero-order valence-electron chi connectivity index (χ0n) is 16.1. The van der Waals surface area contributed by atoms with Crippen molar-refractivity contribution in [1.29, 1.82) is 0 Å². The number of esters is 1. The van der Waals surface area contributed by atoms with Crippen molar-refractivity contribution in [2.24, 2.45) is 0 Å². The summed E-state index contributed by atoms with van der Waals surface area (Å²) in [5, 5.41) is 11.1. The quantitative estimate of drug-likeness (QED) is 0.290. The van der Waals surface area contributed by atoms with E-state index in [1.165, 1.54) is 12.1 Å². The Labute approximate surface area is 168 Å². The van der Waals surface area contributed by atoms with Gasteiger partial charge in [0.05, 0.1) is 22.8 Å². The first-order valence-corrected chi connectivity index (χ1v) is 9.46. The largest absolute Gasteiger partial charge is 0.494 e. The molecule has 1 saturated heterocycles. The number of Topliss-reactive ketones (excluding diaryl/α,β-unsaturated/α-hetero) is 1. The molecule has 0 spiro atoms. The summed E-state index contributed by atoms with van der Waals surface area (Å²) in [4.78, 5) is 37.5. The van der Waals surface area contributed by atoms with E-state index in [0.717, 1.165) is 25.9 Å². The van der Waals surface area contributed by atoms with E-state index in [1.54, 1.807) is 30.3 Å². The van der Waals surface area contributed by atoms with Crippen molar-refractivity contribution in [2.45, 2.75) is 19.8 Å². The maximum Gasteiger partial charge on any atom is 0.340 e. The monoisotopic (exact) mass is 398 g/mol. The lowest BCUT2D eigenvalue weighted by atomic mass is 10.1. The van der Waals surface area contributed by atoms with Gasteiger partial charge in [0.15, 0.2) is 12.4 Å². The Kier molecular flexibility index (Phi) is 6.43. The summed E-state index contributed by atoms with van der Waals surface area (Å²) in [7, 11) is 0. The summed E-state index contributed by atoms with van der Waals surface area (Å²) in [5.41, 5.74) is 0.880. The summed E-state index contributed by atoms with van der Waals surface area (Å²) in [5.74, 6) is -0.475. The van der Waals surface area contributed by atoms with Gasteiger partial charge in [0, 0.05) is 30.8 Å². The predicted octanol–water partition coefficient (Wildman–Crippen LogP) is 3.63. The van der Waals surface area contributed by atoms with Crippen LogP contribution in [0.25, 0.3) is 0 Å². The van der Waals surface area contributed by atoms with Crippen LogP contribution in [0.2, 0.25) is 0 Å². The van der Waals surface area contributed by atoms with E-state index in [1.807, 2.05) is 11.8 Å². The van der Waals surface area contributed by atoms with Gasteiger partial charge in [0.2, 0.25) is 0 Å². The Balaban J connectivity index is 1.72. The summed E-state index contributed by atoms with van der Waals surface area (Å²) >= 11 is 0. The van der Waals surface area contributed by atoms with Crippen LogP contribution in [0, 0.1) is 10.1 Å². The lowest BCUT2D eigenvalue weighted by molar-refractivity contribution is -0.384. The highest BCUT2D eigenvalue weighted by atomic mass is 16.6. The fourth-order valence-corrected chi connectivity index (χ4v) is 3.23. The molecule has 152 valence electrons. The average molecular weight is 398 g/mol. The number of non-ortho nitro benzene ring substituents is 1. The minimum Gasteiger partial charge on any atom is -0.494 e. The molecule has 3 rings (SSSR count). The van der Waals surface area contributed by atoms with Crippen LogP contribution < -0.4 is 9.64 Å². The van der Waals surface area contributed by atoms with Gasteiger partial charge in [-0.25, -0.2) is 4.79 Å². The van der Waals surface area contributed by atoms with E-state index in [0.29, 0.717) is 23.6 Å². The molecule has 1 fully saturated rings. The fraction of sp³-hybridized carbons (Fsp3) is 0.333. The van der Waals surface area contributed by atoms with Gasteiger partial charge < -0.3 is 14.4 Å². The fourth-order valence-electron chi connectivity index (χ4n) is 3.23. The number of rotatable bonds is 8. The van der Waals surface area contributed by atoms with Crippen molar-refractivity contribution in [3.63, 3.8) is 0 Å². The molecule has 1 aliphatic rings. The molecule has 0 saturated carbocycles. The van der Waals surface area contributed by atoms with Crippen LogP contribution in [-0.2, 0) is 4.74 Å². The Bertz CT molecular complexity index is 904. The third-order valence-corrected chi connectivity index (χ3v) is 4.68. The molecule has 1 heterocycles. The number of benzene rings is 2. The van der Waals surface area contributed by atoms with Crippen LogP contribution >= 0.6 is 0 Å². The van der Waals surface area contributed by atoms with Crippen molar-refractivity contribution in [2.75, 3.05) is 31.2 Å². The van der Waals surface area contributed by atoms with Crippen LogP contribution in [-0.4, -0.2) is 43.0 Å². The number of nitro groups is 1. The van der Waals surface area contributed by atoms with E-state index >= 15 is 0 Å². The van der Waals surface area contributed by atoms with Gasteiger partial charge in [-0.1, -0.05) is 0 Å². The lowest BCUT2D eigenvalue weighted by Crippen LogP contribution is -2.22. The molecule has 0 amide bonds. The smallest absolute Gasteiger partial charge is 0.340 e. The molecule has 0 aromatic heterocycles. The maximum absolute atomic E-state index is 12.6. The van der Waals surface area contributed by atoms with Gasteiger partial charge in [-0.3, -0.25) is 14.9 Å². The molecule has 0 unspecified atom stereocenters. The van der Waals surface area contributed by atoms with Crippen LogP contribution in [0.4, 0.5) is 11.4 Å². The molecular weight excluding hydrogens is 376 g/mol. The number of hydrogen-bond donors (Lipinski definition) is 0. The first kappa shape index (κ1) is 20.3. The zero-order valence-corrected chi connectivity index (χ0v) is 16.1. The number of nitrogens with zero attached hydrogens (tertiary/aromatic N) is 2. The predicted molar refractivity (Wildman–Crippen MR) is 107 cm³/mol. The summed E-state index contributed by atoms with van der Waals surface area (Å²) in [6.45, 7) is 3.47. The second-order valence-electron chi connectivity index (χ2n) is 6.61. The van der Waals surface area contributed by atoms with Crippen LogP contribution in [0.1, 0.15) is 40.5 Å². The van der Waals surface area contributed by atoms with E-state index in [-0.39, 0.29) is 17.0 Å². The molecule has 29 heavy (non-hydrogen) atoms.